The van der Waals surface area contributed by atoms with Crippen LogP contribution in [0.25, 0.3) is 0 Å². The number of carbonyl (C=O) groups excluding carboxylic acids is 1. The van der Waals surface area contributed by atoms with Crippen LogP contribution in [0.2, 0.25) is 0 Å². The van der Waals surface area contributed by atoms with E-state index in [0.29, 0.717) is 6.54 Å². The Morgan fingerprint density at radius 2 is 1.84 bits per heavy atom. The largest absolute Gasteiger partial charge is 0.352 e. The highest BCUT2D eigenvalue weighted by Crippen LogP contribution is 2.08. The highest BCUT2D eigenvalue weighted by atomic mass is 35.5. The van der Waals surface area contributed by atoms with E-state index in [0.717, 1.165) is 5.56 Å². The Morgan fingerprint density at radius 3 is 2.26 bits per heavy atom. The fourth-order valence-electron chi connectivity index (χ4n) is 1.27. The number of halogens is 1. The van der Waals surface area contributed by atoms with Crippen LogP contribution < -0.4 is 16.2 Å². The summed E-state index contributed by atoms with van der Waals surface area (Å²) in [4.78, 5) is 11.5. The van der Waals surface area contributed by atoms with Crippen LogP contribution in [0.5, 0.6) is 0 Å². The van der Waals surface area contributed by atoms with Gasteiger partial charge in [-0.1, -0.05) is 19.1 Å². The lowest BCUT2D eigenvalue weighted by Crippen LogP contribution is -2.32. The Labute approximate surface area is 119 Å². The molecule has 1 rings (SSSR count). The molecule has 1 aromatic carbocycles. The predicted molar refractivity (Wildman–Crippen MR) is 75.1 cm³/mol. The molecule has 0 saturated carbocycles. The lowest BCUT2D eigenvalue weighted by molar-refractivity contribution is -0.124. The minimum atomic E-state index is -3.67. The summed E-state index contributed by atoms with van der Waals surface area (Å²) in [6, 6.07) is 6.02. The molecular weight excluding hydrogens is 290 g/mol. The first-order valence-corrected chi connectivity index (χ1v) is 6.98. The Hall–Kier alpha value is -1.15. The maximum Gasteiger partial charge on any atom is 0.238 e. The average molecular weight is 308 g/mol. The van der Waals surface area contributed by atoms with Crippen LogP contribution in [0.3, 0.4) is 0 Å². The van der Waals surface area contributed by atoms with E-state index >= 15 is 0 Å². The lowest BCUT2D eigenvalue weighted by Gasteiger charge is -2.10. The zero-order chi connectivity index (χ0) is 13.8. The summed E-state index contributed by atoms with van der Waals surface area (Å²) in [5, 5.41) is 7.68. The van der Waals surface area contributed by atoms with Crippen molar-refractivity contribution in [1.29, 1.82) is 0 Å². The van der Waals surface area contributed by atoms with Crippen LogP contribution in [0.4, 0.5) is 0 Å². The molecule has 0 saturated heterocycles. The van der Waals surface area contributed by atoms with Crippen LogP contribution in [-0.2, 0) is 21.4 Å². The van der Waals surface area contributed by atoms with Gasteiger partial charge in [-0.2, -0.15) is 0 Å². The SMILES string of the molecule is CC(CN)C(=O)NCc1ccc(S(N)(=O)=O)cc1.Cl. The third-order valence-corrected chi connectivity index (χ3v) is 3.45. The van der Waals surface area contributed by atoms with Crippen molar-refractivity contribution in [3.05, 3.63) is 29.8 Å². The molecule has 0 aliphatic heterocycles. The van der Waals surface area contributed by atoms with Gasteiger partial charge in [0.15, 0.2) is 0 Å². The van der Waals surface area contributed by atoms with Gasteiger partial charge in [0, 0.05) is 19.0 Å². The van der Waals surface area contributed by atoms with Gasteiger partial charge in [0.05, 0.1) is 4.90 Å². The van der Waals surface area contributed by atoms with Crippen molar-refractivity contribution in [2.45, 2.75) is 18.4 Å². The van der Waals surface area contributed by atoms with Crippen molar-refractivity contribution in [3.8, 4) is 0 Å². The average Bonchev–Trinajstić information content (AvgIpc) is 2.34. The molecule has 1 unspecified atom stereocenters. The van der Waals surface area contributed by atoms with Crippen LogP contribution in [0.15, 0.2) is 29.2 Å². The van der Waals surface area contributed by atoms with Crippen molar-refractivity contribution < 1.29 is 13.2 Å². The zero-order valence-electron chi connectivity index (χ0n) is 10.5. The van der Waals surface area contributed by atoms with Gasteiger partial charge < -0.3 is 11.1 Å². The molecule has 8 heteroatoms. The third kappa shape index (κ3) is 5.56. The van der Waals surface area contributed by atoms with E-state index in [1.807, 2.05) is 0 Å². The van der Waals surface area contributed by atoms with E-state index < -0.39 is 10.0 Å². The molecule has 6 nitrogen and oxygen atoms in total. The fraction of sp³-hybridized carbons (Fsp3) is 0.364. The number of sulfonamides is 1. The minimum Gasteiger partial charge on any atom is -0.352 e. The molecular formula is C11H18ClN3O3S. The molecule has 0 aromatic heterocycles. The Balaban J connectivity index is 0.00000324. The molecule has 0 bridgehead atoms. The zero-order valence-corrected chi connectivity index (χ0v) is 12.1. The third-order valence-electron chi connectivity index (χ3n) is 2.52. The summed E-state index contributed by atoms with van der Waals surface area (Å²) in [7, 11) is -3.67. The highest BCUT2D eigenvalue weighted by molar-refractivity contribution is 7.89. The lowest BCUT2D eigenvalue weighted by atomic mass is 10.1. The Morgan fingerprint density at radius 1 is 1.32 bits per heavy atom. The van der Waals surface area contributed by atoms with E-state index in [9.17, 15) is 13.2 Å². The minimum absolute atomic E-state index is 0. The molecule has 0 aliphatic carbocycles. The Bertz CT molecular complexity index is 516. The first-order valence-electron chi connectivity index (χ1n) is 5.44. The van der Waals surface area contributed by atoms with E-state index in [2.05, 4.69) is 5.32 Å². The van der Waals surface area contributed by atoms with Gasteiger partial charge in [-0.25, -0.2) is 13.6 Å². The summed E-state index contributed by atoms with van der Waals surface area (Å²) >= 11 is 0. The molecule has 1 atom stereocenters. The van der Waals surface area contributed by atoms with Crippen LogP contribution in [0.1, 0.15) is 12.5 Å². The first kappa shape index (κ1) is 17.8. The summed E-state index contributed by atoms with van der Waals surface area (Å²) in [5.41, 5.74) is 6.16. The van der Waals surface area contributed by atoms with Crippen LogP contribution in [-0.4, -0.2) is 20.9 Å². The van der Waals surface area contributed by atoms with Crippen molar-refractivity contribution in [2.75, 3.05) is 6.54 Å². The molecule has 1 aromatic rings. The number of hydrogen-bond donors (Lipinski definition) is 3. The van der Waals surface area contributed by atoms with Gasteiger partial charge in [0.1, 0.15) is 0 Å². The second-order valence-electron chi connectivity index (χ2n) is 4.04. The number of rotatable bonds is 5. The smallest absolute Gasteiger partial charge is 0.238 e. The molecule has 0 aliphatic rings. The monoisotopic (exact) mass is 307 g/mol. The topological polar surface area (TPSA) is 115 Å². The number of amides is 1. The number of primary sulfonamides is 1. The van der Waals surface area contributed by atoms with E-state index in [4.69, 9.17) is 10.9 Å². The van der Waals surface area contributed by atoms with Gasteiger partial charge in [0.2, 0.25) is 15.9 Å². The van der Waals surface area contributed by atoms with E-state index in [1.54, 1.807) is 19.1 Å². The molecule has 0 radical (unpaired) electrons. The fourth-order valence-corrected chi connectivity index (χ4v) is 1.78. The quantitative estimate of drug-likeness (QED) is 0.708. The molecule has 1 amide bonds. The molecule has 5 N–H and O–H groups in total. The van der Waals surface area contributed by atoms with Crippen molar-refractivity contribution in [2.24, 2.45) is 16.8 Å². The molecule has 0 fully saturated rings. The number of hydrogen-bond acceptors (Lipinski definition) is 4. The molecule has 19 heavy (non-hydrogen) atoms. The number of carbonyl (C=O) groups is 1. The van der Waals surface area contributed by atoms with E-state index in [-0.39, 0.29) is 35.7 Å². The molecule has 0 spiro atoms. The van der Waals surface area contributed by atoms with Gasteiger partial charge in [0.25, 0.3) is 0 Å². The standard InChI is InChI=1S/C11H17N3O3S.ClH/c1-8(6-12)11(15)14-7-9-2-4-10(5-3-9)18(13,16)17;/h2-5,8H,6-7,12H2,1H3,(H,14,15)(H2,13,16,17);1H. The summed E-state index contributed by atoms with van der Waals surface area (Å²) in [6.45, 7) is 2.35. The highest BCUT2D eigenvalue weighted by Gasteiger charge is 2.10. The summed E-state index contributed by atoms with van der Waals surface area (Å²) in [5.74, 6) is -0.373. The van der Waals surface area contributed by atoms with Crippen molar-refractivity contribution >= 4 is 28.3 Å². The molecule has 108 valence electrons. The number of benzene rings is 1. The van der Waals surface area contributed by atoms with Gasteiger partial charge in [-0.15, -0.1) is 12.4 Å². The van der Waals surface area contributed by atoms with Crippen LogP contribution in [0, 0.1) is 5.92 Å². The summed E-state index contributed by atoms with van der Waals surface area (Å²) < 4.78 is 22.1. The van der Waals surface area contributed by atoms with Gasteiger partial charge in [-0.05, 0) is 17.7 Å². The maximum absolute atomic E-state index is 11.5. The Kier molecular flexibility index (Phi) is 6.99. The predicted octanol–water partition coefficient (Wildman–Crippen LogP) is -0.0332. The molecule has 0 heterocycles. The normalized spacial score (nSPS) is 12.4. The number of nitrogens with two attached hydrogens (primary N) is 2. The van der Waals surface area contributed by atoms with Gasteiger partial charge in [-0.3, -0.25) is 4.79 Å². The second kappa shape index (κ2) is 7.44. The maximum atomic E-state index is 11.5. The van der Waals surface area contributed by atoms with E-state index in [1.165, 1.54) is 12.1 Å². The number of nitrogens with one attached hydrogen (secondary N) is 1. The first-order chi connectivity index (χ1) is 8.34. The van der Waals surface area contributed by atoms with Crippen molar-refractivity contribution in [1.82, 2.24) is 5.32 Å². The van der Waals surface area contributed by atoms with Gasteiger partial charge >= 0.3 is 0 Å². The van der Waals surface area contributed by atoms with Crippen LogP contribution >= 0.6 is 12.4 Å². The summed E-state index contributed by atoms with van der Waals surface area (Å²) in [6.07, 6.45) is 0. The second-order valence-corrected chi connectivity index (χ2v) is 5.60. The van der Waals surface area contributed by atoms with Crippen molar-refractivity contribution in [3.63, 3.8) is 0 Å².